The maximum Gasteiger partial charge on any atom is 0.171 e. The predicted octanol–water partition coefficient (Wildman–Crippen LogP) is 4.08. The molecule has 2 N–H and O–H groups in total. The van der Waals surface area contributed by atoms with Crippen molar-refractivity contribution in [3.05, 3.63) is 59.9 Å². The van der Waals surface area contributed by atoms with Crippen LogP contribution in [0.3, 0.4) is 0 Å². The van der Waals surface area contributed by atoms with E-state index in [1.54, 1.807) is 12.4 Å². The maximum absolute atomic E-state index is 5.30. The van der Waals surface area contributed by atoms with E-state index < -0.39 is 0 Å². The Kier molecular flexibility index (Phi) is 5.69. The molecular formula is C17H21N3S. The molecule has 2 rings (SSSR count). The van der Waals surface area contributed by atoms with E-state index in [9.17, 15) is 0 Å². The van der Waals surface area contributed by atoms with Crippen LogP contribution in [0.4, 0.5) is 5.69 Å². The molecule has 21 heavy (non-hydrogen) atoms. The highest BCUT2D eigenvalue weighted by atomic mass is 32.1. The lowest BCUT2D eigenvalue weighted by Crippen LogP contribution is -2.27. The first-order valence-electron chi connectivity index (χ1n) is 7.22. The molecular weight excluding hydrogens is 278 g/mol. The molecule has 1 atom stereocenters. The molecule has 2 aromatic rings. The van der Waals surface area contributed by atoms with Gasteiger partial charge in [0.15, 0.2) is 5.11 Å². The van der Waals surface area contributed by atoms with Gasteiger partial charge in [-0.15, -0.1) is 0 Å². The van der Waals surface area contributed by atoms with Crippen LogP contribution in [0.2, 0.25) is 0 Å². The number of aromatic nitrogens is 1. The van der Waals surface area contributed by atoms with E-state index in [0.717, 1.165) is 17.7 Å². The van der Waals surface area contributed by atoms with Gasteiger partial charge < -0.3 is 10.6 Å². The van der Waals surface area contributed by atoms with Crippen molar-refractivity contribution in [1.82, 2.24) is 10.3 Å². The van der Waals surface area contributed by atoms with Crippen LogP contribution >= 0.6 is 12.2 Å². The van der Waals surface area contributed by atoms with Gasteiger partial charge in [0.05, 0.1) is 0 Å². The lowest BCUT2D eigenvalue weighted by atomic mass is 9.99. The Bertz CT molecular complexity index is 566. The molecule has 0 aliphatic heterocycles. The van der Waals surface area contributed by atoms with Gasteiger partial charge in [-0.05, 0) is 59.9 Å². The fourth-order valence-corrected chi connectivity index (χ4v) is 2.18. The van der Waals surface area contributed by atoms with E-state index in [-0.39, 0.29) is 0 Å². The van der Waals surface area contributed by atoms with Gasteiger partial charge in [0.1, 0.15) is 0 Å². The molecule has 1 aromatic carbocycles. The van der Waals surface area contributed by atoms with Crippen LogP contribution in [0.5, 0.6) is 0 Å². The van der Waals surface area contributed by atoms with Crippen molar-refractivity contribution in [3.63, 3.8) is 0 Å². The quantitative estimate of drug-likeness (QED) is 0.816. The Morgan fingerprint density at radius 2 is 1.81 bits per heavy atom. The molecule has 0 bridgehead atoms. The van der Waals surface area contributed by atoms with Gasteiger partial charge in [-0.1, -0.05) is 26.0 Å². The van der Waals surface area contributed by atoms with Gasteiger partial charge in [0, 0.05) is 24.6 Å². The first-order chi connectivity index (χ1) is 10.2. The number of anilines is 1. The number of nitrogens with one attached hydrogen (secondary N) is 2. The van der Waals surface area contributed by atoms with Crippen molar-refractivity contribution >= 4 is 23.0 Å². The highest BCUT2D eigenvalue weighted by Crippen LogP contribution is 2.20. The normalized spacial score (nSPS) is 11.7. The lowest BCUT2D eigenvalue weighted by Gasteiger charge is -2.12. The number of nitrogens with zero attached hydrogens (tertiary/aromatic N) is 1. The van der Waals surface area contributed by atoms with Crippen LogP contribution in [-0.2, 0) is 6.54 Å². The fraction of sp³-hybridized carbons (Fsp3) is 0.294. The van der Waals surface area contributed by atoms with Gasteiger partial charge in [0.25, 0.3) is 0 Å². The van der Waals surface area contributed by atoms with Crippen LogP contribution in [0.25, 0.3) is 0 Å². The lowest BCUT2D eigenvalue weighted by molar-refractivity contribution is 0.734. The molecule has 0 saturated carbocycles. The number of benzene rings is 1. The summed E-state index contributed by atoms with van der Waals surface area (Å²) in [6.45, 7) is 5.14. The minimum Gasteiger partial charge on any atom is -0.358 e. The molecule has 1 unspecified atom stereocenters. The summed E-state index contributed by atoms with van der Waals surface area (Å²) < 4.78 is 0. The Labute approximate surface area is 131 Å². The minimum atomic E-state index is 0.593. The van der Waals surface area contributed by atoms with Crippen LogP contribution < -0.4 is 10.6 Å². The van der Waals surface area contributed by atoms with Crippen molar-refractivity contribution < 1.29 is 0 Å². The van der Waals surface area contributed by atoms with E-state index in [1.807, 2.05) is 12.1 Å². The second-order valence-corrected chi connectivity index (χ2v) is 5.50. The zero-order valence-corrected chi connectivity index (χ0v) is 13.3. The summed E-state index contributed by atoms with van der Waals surface area (Å²) >= 11 is 5.30. The van der Waals surface area contributed by atoms with Crippen molar-refractivity contribution in [2.75, 3.05) is 5.32 Å². The topological polar surface area (TPSA) is 37.0 Å². The van der Waals surface area contributed by atoms with E-state index in [1.165, 1.54) is 5.56 Å². The number of thiocarbonyl (C=S) groups is 1. The summed E-state index contributed by atoms with van der Waals surface area (Å²) in [5.41, 5.74) is 3.52. The SMILES string of the molecule is CCC(C)c1ccc(NC(=S)NCc2ccncc2)cc1. The third-order valence-electron chi connectivity index (χ3n) is 3.55. The standard InChI is InChI=1S/C17H21N3S/c1-3-13(2)15-4-6-16(7-5-15)20-17(21)19-12-14-8-10-18-11-9-14/h4-11,13H,3,12H2,1-2H3,(H2,19,20,21). The molecule has 0 amide bonds. The average molecular weight is 299 g/mol. The first kappa shape index (κ1) is 15.4. The predicted molar refractivity (Wildman–Crippen MR) is 92.4 cm³/mol. The van der Waals surface area contributed by atoms with Gasteiger partial charge >= 0.3 is 0 Å². The number of hydrogen-bond acceptors (Lipinski definition) is 2. The van der Waals surface area contributed by atoms with Gasteiger partial charge in [0.2, 0.25) is 0 Å². The zero-order valence-electron chi connectivity index (χ0n) is 12.5. The molecule has 1 heterocycles. The highest BCUT2D eigenvalue weighted by Gasteiger charge is 2.03. The molecule has 3 nitrogen and oxygen atoms in total. The monoisotopic (exact) mass is 299 g/mol. The van der Waals surface area contributed by atoms with Gasteiger partial charge in [-0.2, -0.15) is 0 Å². The van der Waals surface area contributed by atoms with Crippen molar-refractivity contribution in [2.45, 2.75) is 32.7 Å². The van der Waals surface area contributed by atoms with E-state index >= 15 is 0 Å². The summed E-state index contributed by atoms with van der Waals surface area (Å²) in [7, 11) is 0. The smallest absolute Gasteiger partial charge is 0.171 e. The molecule has 0 radical (unpaired) electrons. The Hall–Kier alpha value is -1.94. The van der Waals surface area contributed by atoms with Gasteiger partial charge in [-0.25, -0.2) is 0 Å². The van der Waals surface area contributed by atoms with E-state index in [2.05, 4.69) is 53.7 Å². The van der Waals surface area contributed by atoms with Crippen LogP contribution in [0.1, 0.15) is 37.3 Å². The molecule has 4 heteroatoms. The molecule has 0 spiro atoms. The Morgan fingerprint density at radius 1 is 1.14 bits per heavy atom. The van der Waals surface area contributed by atoms with Crippen LogP contribution in [-0.4, -0.2) is 10.1 Å². The Balaban J connectivity index is 1.85. The summed E-state index contributed by atoms with van der Waals surface area (Å²) in [5, 5.41) is 7.02. The zero-order chi connectivity index (χ0) is 15.1. The first-order valence-corrected chi connectivity index (χ1v) is 7.63. The molecule has 0 fully saturated rings. The summed E-state index contributed by atoms with van der Waals surface area (Å²) in [6.07, 6.45) is 4.71. The minimum absolute atomic E-state index is 0.593. The van der Waals surface area contributed by atoms with E-state index in [4.69, 9.17) is 12.2 Å². The van der Waals surface area contributed by atoms with Gasteiger partial charge in [-0.3, -0.25) is 4.98 Å². The van der Waals surface area contributed by atoms with E-state index in [0.29, 0.717) is 17.6 Å². The number of pyridine rings is 1. The number of hydrogen-bond donors (Lipinski definition) is 2. The maximum atomic E-state index is 5.30. The van der Waals surface area contributed by atoms with Crippen LogP contribution in [0.15, 0.2) is 48.8 Å². The van der Waals surface area contributed by atoms with Crippen molar-refractivity contribution in [2.24, 2.45) is 0 Å². The summed E-state index contributed by atoms with van der Waals surface area (Å²) in [4.78, 5) is 3.99. The summed E-state index contributed by atoms with van der Waals surface area (Å²) in [6, 6.07) is 12.4. The average Bonchev–Trinajstić information content (AvgIpc) is 2.54. The molecule has 0 aliphatic carbocycles. The number of rotatable bonds is 5. The molecule has 1 aromatic heterocycles. The second kappa shape index (κ2) is 7.74. The second-order valence-electron chi connectivity index (χ2n) is 5.09. The highest BCUT2D eigenvalue weighted by molar-refractivity contribution is 7.80. The molecule has 0 aliphatic rings. The van der Waals surface area contributed by atoms with Crippen molar-refractivity contribution in [1.29, 1.82) is 0 Å². The molecule has 0 saturated heterocycles. The molecule has 110 valence electrons. The third-order valence-corrected chi connectivity index (χ3v) is 3.80. The Morgan fingerprint density at radius 3 is 2.43 bits per heavy atom. The fourth-order valence-electron chi connectivity index (χ4n) is 1.99. The third kappa shape index (κ3) is 4.83. The van der Waals surface area contributed by atoms with Crippen molar-refractivity contribution in [3.8, 4) is 0 Å². The summed E-state index contributed by atoms with van der Waals surface area (Å²) in [5.74, 6) is 0.593. The van der Waals surface area contributed by atoms with Crippen LogP contribution in [0, 0.1) is 0 Å². The largest absolute Gasteiger partial charge is 0.358 e.